The Balaban J connectivity index is 1.43. The molecule has 1 aromatic carbocycles. The Morgan fingerprint density at radius 3 is 2.45 bits per heavy atom. The molecule has 1 unspecified atom stereocenters. The van der Waals surface area contributed by atoms with Crippen LogP contribution in [0.1, 0.15) is 98.0 Å². The molecule has 1 aliphatic heterocycles. The second kappa shape index (κ2) is 18.4. The summed E-state index contributed by atoms with van der Waals surface area (Å²) in [5, 5.41) is 15.2. The number of hydrogen-bond donors (Lipinski definition) is 0. The zero-order valence-electron chi connectivity index (χ0n) is 35.5. The molecule has 4 aromatic rings. The van der Waals surface area contributed by atoms with Crippen LogP contribution < -0.4 is 9.47 Å². The predicted molar refractivity (Wildman–Crippen MR) is 231 cm³/mol. The molecule has 56 heavy (non-hydrogen) atoms. The lowest BCUT2D eigenvalue weighted by Crippen LogP contribution is -2.44. The molecular formula is C41H63FIN7O5Si. The third-order valence-corrected chi connectivity index (χ3v) is 16.4. The number of fused-ring (bicyclic) bond motifs is 1. The second-order valence-corrected chi connectivity index (χ2v) is 22.6. The number of aryl methyl sites for hydroxylation is 1. The number of likely N-dealkylation sites (N-methyl/N-ethyl adjacent to an activating group) is 1. The number of nitrogens with zero attached hydrogens (tertiary/aromatic N) is 7. The zero-order valence-corrected chi connectivity index (χ0v) is 38.7. The predicted octanol–water partition coefficient (Wildman–Crippen LogP) is 9.35. The van der Waals surface area contributed by atoms with Crippen molar-refractivity contribution in [1.82, 2.24) is 34.2 Å². The molecule has 310 valence electrons. The van der Waals surface area contributed by atoms with Gasteiger partial charge in [0.25, 0.3) is 0 Å². The summed E-state index contributed by atoms with van der Waals surface area (Å²) >= 11 is 2.37. The maximum absolute atomic E-state index is 16.3. The van der Waals surface area contributed by atoms with Gasteiger partial charge in [0.15, 0.2) is 14.5 Å². The molecule has 0 aliphatic carbocycles. The van der Waals surface area contributed by atoms with Gasteiger partial charge >= 0.3 is 0 Å². The Labute approximate surface area is 347 Å². The molecule has 4 heterocycles. The first-order valence-corrected chi connectivity index (χ1v) is 23.9. The maximum Gasteiger partial charge on any atom is 0.246 e. The molecule has 12 nitrogen and oxygen atoms in total. The van der Waals surface area contributed by atoms with Crippen LogP contribution in [0.2, 0.25) is 18.1 Å². The molecule has 0 bridgehead atoms. The van der Waals surface area contributed by atoms with Gasteiger partial charge in [-0.3, -0.25) is 9.58 Å². The van der Waals surface area contributed by atoms with E-state index in [2.05, 4.69) is 86.5 Å². The van der Waals surface area contributed by atoms with Crippen molar-refractivity contribution in [1.29, 1.82) is 0 Å². The number of aromatic nitrogens is 6. The number of benzene rings is 1. The van der Waals surface area contributed by atoms with E-state index in [9.17, 15) is 0 Å². The van der Waals surface area contributed by atoms with Gasteiger partial charge in [-0.25, -0.2) is 13.8 Å². The molecule has 15 heteroatoms. The molecule has 5 rings (SSSR count). The van der Waals surface area contributed by atoms with Gasteiger partial charge in [-0.05, 0) is 118 Å². The lowest BCUT2D eigenvalue weighted by Gasteiger charge is -2.38. The minimum absolute atomic E-state index is 0.00737. The van der Waals surface area contributed by atoms with E-state index in [1.54, 1.807) is 22.5 Å². The van der Waals surface area contributed by atoms with E-state index in [-0.39, 0.29) is 36.2 Å². The van der Waals surface area contributed by atoms with Crippen LogP contribution in [0.5, 0.6) is 11.8 Å². The summed E-state index contributed by atoms with van der Waals surface area (Å²) in [5.74, 6) is 0.777. The van der Waals surface area contributed by atoms with Gasteiger partial charge in [-0.15, -0.1) is 5.10 Å². The molecule has 3 aromatic heterocycles. The standard InChI is InChI=1S/C41H63FIN7O5Si/c1-14-32-30-20-29(21-31(42)38(30)50(45-32)35-18-16-17-19-52-35)36-33(25-51-11)44-47(10)40(36)54-27(5)22-48(15-2)24-34-37(43)39(53-26(3)4)46-49(34)23-28(6)55-56(12,13)41(7,8)9/h14,20-21,26-28,35H,1,15-19,22-25H2,2-13H3/t27-,28-,35?/m0/s1. The summed E-state index contributed by atoms with van der Waals surface area (Å²) in [6.45, 7) is 29.2. The second-order valence-electron chi connectivity index (χ2n) is 16.8. The van der Waals surface area contributed by atoms with Crippen molar-refractivity contribution >= 4 is 47.9 Å². The molecule has 1 fully saturated rings. The fourth-order valence-electron chi connectivity index (χ4n) is 7.01. The lowest BCUT2D eigenvalue weighted by molar-refractivity contribution is -0.0369. The average molecular weight is 908 g/mol. The molecule has 1 aliphatic rings. The largest absolute Gasteiger partial charge is 0.473 e. The van der Waals surface area contributed by atoms with E-state index in [0.717, 1.165) is 35.1 Å². The van der Waals surface area contributed by atoms with E-state index >= 15 is 4.39 Å². The van der Waals surface area contributed by atoms with Crippen LogP contribution in [-0.4, -0.2) is 87.7 Å². The summed E-state index contributed by atoms with van der Waals surface area (Å²) in [6, 6.07) is 3.49. The molecule has 0 saturated carbocycles. The molecular weight excluding hydrogens is 844 g/mol. The van der Waals surface area contributed by atoms with Gasteiger partial charge in [0.1, 0.15) is 17.4 Å². The van der Waals surface area contributed by atoms with Crippen molar-refractivity contribution in [2.45, 2.75) is 137 Å². The van der Waals surface area contributed by atoms with Crippen LogP contribution in [0.15, 0.2) is 18.7 Å². The van der Waals surface area contributed by atoms with Gasteiger partial charge in [-0.2, -0.15) is 10.2 Å². The Hall–Kier alpha value is -2.83. The van der Waals surface area contributed by atoms with Crippen molar-refractivity contribution in [2.24, 2.45) is 7.05 Å². The van der Waals surface area contributed by atoms with E-state index in [1.807, 2.05) is 33.9 Å². The highest BCUT2D eigenvalue weighted by Gasteiger charge is 2.39. The molecule has 0 spiro atoms. The van der Waals surface area contributed by atoms with Crippen LogP contribution in [0.3, 0.4) is 0 Å². The minimum Gasteiger partial charge on any atom is -0.473 e. The monoisotopic (exact) mass is 907 g/mol. The van der Waals surface area contributed by atoms with Gasteiger partial charge in [0, 0.05) is 39.2 Å². The van der Waals surface area contributed by atoms with E-state index in [0.29, 0.717) is 71.4 Å². The quantitative estimate of drug-likeness (QED) is 0.0714. The highest BCUT2D eigenvalue weighted by molar-refractivity contribution is 14.1. The molecule has 1 saturated heterocycles. The average Bonchev–Trinajstić information content (AvgIpc) is 3.74. The topological polar surface area (TPSA) is 103 Å². The van der Waals surface area contributed by atoms with Gasteiger partial charge in [0.2, 0.25) is 11.8 Å². The van der Waals surface area contributed by atoms with E-state index in [4.69, 9.17) is 38.7 Å². The third kappa shape index (κ3) is 9.88. The summed E-state index contributed by atoms with van der Waals surface area (Å²) < 4.78 is 54.0. The fourth-order valence-corrected chi connectivity index (χ4v) is 9.13. The molecule has 0 radical (unpaired) electrons. The van der Waals surface area contributed by atoms with Crippen LogP contribution in [0.25, 0.3) is 28.1 Å². The number of hydrogen-bond acceptors (Lipinski definition) is 9. The summed E-state index contributed by atoms with van der Waals surface area (Å²) in [6.07, 6.45) is 3.81. The highest BCUT2D eigenvalue weighted by Crippen LogP contribution is 2.40. The summed E-state index contributed by atoms with van der Waals surface area (Å²) in [4.78, 5) is 2.34. The number of halogens is 2. The van der Waals surface area contributed by atoms with Crippen molar-refractivity contribution in [2.75, 3.05) is 26.8 Å². The Bertz CT molecular complexity index is 1960. The van der Waals surface area contributed by atoms with Gasteiger partial charge in [-0.1, -0.05) is 34.3 Å². The molecule has 0 amide bonds. The van der Waals surface area contributed by atoms with Crippen LogP contribution in [0, 0.1) is 9.39 Å². The summed E-state index contributed by atoms with van der Waals surface area (Å²) in [5.41, 5.74) is 4.03. The lowest BCUT2D eigenvalue weighted by atomic mass is 10.0. The normalized spacial score (nSPS) is 16.6. The van der Waals surface area contributed by atoms with Gasteiger partial charge < -0.3 is 23.4 Å². The van der Waals surface area contributed by atoms with Crippen LogP contribution in [0.4, 0.5) is 4.39 Å². The SMILES string of the molecule is C=Cc1nn(C2CCCCO2)c2c(F)cc(-c3c(COC)nn(C)c3O[C@@H](C)CN(CC)Cc3c(I)c(OC(C)C)nn3C[C@H](C)O[Si](C)(C)C(C)(C)C)cc12. The number of ether oxygens (including phenoxy) is 4. The maximum atomic E-state index is 16.3. The summed E-state index contributed by atoms with van der Waals surface area (Å²) in [7, 11) is 1.48. The van der Waals surface area contributed by atoms with Crippen molar-refractivity contribution in [3.05, 3.63) is 45.2 Å². The highest BCUT2D eigenvalue weighted by atomic mass is 127. The first-order valence-electron chi connectivity index (χ1n) is 19.9. The molecule has 0 N–H and O–H groups in total. The van der Waals surface area contributed by atoms with Crippen molar-refractivity contribution in [3.8, 4) is 22.9 Å². The number of rotatable bonds is 18. The van der Waals surface area contributed by atoms with E-state index < -0.39 is 14.1 Å². The first kappa shape index (κ1) is 44.3. The van der Waals surface area contributed by atoms with Crippen molar-refractivity contribution < 1.29 is 27.8 Å². The zero-order chi connectivity index (χ0) is 41.1. The third-order valence-electron chi connectivity index (χ3n) is 10.7. The van der Waals surface area contributed by atoms with Crippen molar-refractivity contribution in [3.63, 3.8) is 0 Å². The van der Waals surface area contributed by atoms with E-state index in [1.165, 1.54) is 6.07 Å². The Morgan fingerprint density at radius 2 is 1.84 bits per heavy atom. The first-order chi connectivity index (χ1) is 26.4. The Morgan fingerprint density at radius 1 is 1.11 bits per heavy atom. The Kier molecular flexibility index (Phi) is 14.5. The minimum atomic E-state index is -1.99. The fraction of sp³-hybridized carbons (Fsp3) is 0.634. The number of methoxy groups -OCH3 is 1. The van der Waals surface area contributed by atoms with Crippen LogP contribution >= 0.6 is 22.6 Å². The smallest absolute Gasteiger partial charge is 0.246 e. The van der Waals surface area contributed by atoms with Crippen LogP contribution in [-0.2, 0) is 40.6 Å². The van der Waals surface area contributed by atoms with Gasteiger partial charge in [0.05, 0.1) is 51.6 Å². The molecule has 3 atom stereocenters.